The molecule has 2 rings (SSSR count). The molecule has 1 fully saturated rings. The number of halogens is 3. The average molecular weight is 272 g/mol. The second-order valence-corrected chi connectivity index (χ2v) is 6.24. The molecular formula is C14H19F3N2. The van der Waals surface area contributed by atoms with E-state index in [1.807, 2.05) is 4.90 Å². The van der Waals surface area contributed by atoms with Crippen LogP contribution in [0.4, 0.5) is 24.5 Å². The summed E-state index contributed by atoms with van der Waals surface area (Å²) >= 11 is 0. The Bertz CT molecular complexity index is 469. The first kappa shape index (κ1) is 14.0. The molecular weight excluding hydrogens is 253 g/mol. The van der Waals surface area contributed by atoms with Crippen LogP contribution in [-0.4, -0.2) is 13.1 Å². The molecule has 1 aliphatic rings. The number of hydrogen-bond donors (Lipinski definition) is 1. The zero-order valence-electron chi connectivity index (χ0n) is 11.4. The van der Waals surface area contributed by atoms with Crippen molar-refractivity contribution in [3.63, 3.8) is 0 Å². The summed E-state index contributed by atoms with van der Waals surface area (Å²) in [6.45, 7) is 8.05. The molecule has 106 valence electrons. The Kier molecular flexibility index (Phi) is 3.19. The second-order valence-electron chi connectivity index (χ2n) is 6.24. The van der Waals surface area contributed by atoms with Gasteiger partial charge in [-0.3, -0.25) is 0 Å². The Balaban J connectivity index is 2.16. The van der Waals surface area contributed by atoms with E-state index in [0.29, 0.717) is 11.6 Å². The molecule has 2 nitrogen and oxygen atoms in total. The smallest absolute Gasteiger partial charge is 0.398 e. The van der Waals surface area contributed by atoms with Crippen LogP contribution in [0.2, 0.25) is 0 Å². The number of benzene rings is 1. The first-order valence-electron chi connectivity index (χ1n) is 6.30. The Morgan fingerprint density at radius 3 is 2.21 bits per heavy atom. The lowest BCUT2D eigenvalue weighted by atomic mass is 9.76. The van der Waals surface area contributed by atoms with E-state index in [4.69, 9.17) is 5.73 Å². The lowest BCUT2D eigenvalue weighted by Gasteiger charge is -2.47. The molecule has 1 heterocycles. The molecule has 0 aromatic heterocycles. The van der Waals surface area contributed by atoms with Gasteiger partial charge in [-0.1, -0.05) is 20.8 Å². The topological polar surface area (TPSA) is 29.3 Å². The van der Waals surface area contributed by atoms with Crippen LogP contribution in [-0.2, 0) is 6.18 Å². The summed E-state index contributed by atoms with van der Waals surface area (Å²) < 4.78 is 38.3. The van der Waals surface area contributed by atoms with Crippen LogP contribution >= 0.6 is 0 Å². The molecule has 0 aliphatic carbocycles. The van der Waals surface area contributed by atoms with Crippen molar-refractivity contribution in [2.75, 3.05) is 23.7 Å². The van der Waals surface area contributed by atoms with Gasteiger partial charge in [0.2, 0.25) is 0 Å². The van der Waals surface area contributed by atoms with Crippen LogP contribution in [0.25, 0.3) is 0 Å². The average Bonchev–Trinajstić information content (AvgIpc) is 2.14. The molecule has 0 atom stereocenters. The molecule has 5 heteroatoms. The molecule has 2 N–H and O–H groups in total. The van der Waals surface area contributed by atoms with Crippen molar-refractivity contribution in [3.8, 4) is 0 Å². The zero-order valence-corrected chi connectivity index (χ0v) is 11.4. The van der Waals surface area contributed by atoms with Gasteiger partial charge in [0.25, 0.3) is 0 Å². The fraction of sp³-hybridized carbons (Fsp3) is 0.571. The lowest BCUT2D eigenvalue weighted by molar-refractivity contribution is -0.136. The zero-order chi connectivity index (χ0) is 14.4. The Morgan fingerprint density at radius 1 is 1.16 bits per heavy atom. The molecule has 1 aromatic rings. The van der Waals surface area contributed by atoms with Crippen molar-refractivity contribution in [2.24, 2.45) is 11.3 Å². The summed E-state index contributed by atoms with van der Waals surface area (Å²) in [5, 5.41) is 0. The predicted molar refractivity (Wildman–Crippen MR) is 71.0 cm³/mol. The molecule has 1 saturated heterocycles. The van der Waals surface area contributed by atoms with Crippen molar-refractivity contribution < 1.29 is 13.2 Å². The van der Waals surface area contributed by atoms with E-state index in [0.717, 1.165) is 19.2 Å². The maximum atomic E-state index is 12.8. The van der Waals surface area contributed by atoms with E-state index in [2.05, 4.69) is 20.8 Å². The number of nitrogens with zero attached hydrogens (tertiary/aromatic N) is 1. The molecule has 1 aliphatic heterocycles. The van der Waals surface area contributed by atoms with Gasteiger partial charge in [0.05, 0.1) is 5.56 Å². The maximum Gasteiger partial charge on any atom is 0.418 e. The first-order valence-corrected chi connectivity index (χ1v) is 6.30. The first-order chi connectivity index (χ1) is 8.59. The van der Waals surface area contributed by atoms with Crippen LogP contribution in [0.5, 0.6) is 0 Å². The van der Waals surface area contributed by atoms with Gasteiger partial charge in [-0.2, -0.15) is 13.2 Å². The SMILES string of the molecule is CC(C)(C)C1CN(c2ccc(N)c(C(F)(F)F)c2)C1. The van der Waals surface area contributed by atoms with Gasteiger partial charge in [-0.25, -0.2) is 0 Å². The highest BCUT2D eigenvalue weighted by atomic mass is 19.4. The highest BCUT2D eigenvalue weighted by Crippen LogP contribution is 2.40. The van der Waals surface area contributed by atoms with E-state index in [9.17, 15) is 13.2 Å². The third-order valence-electron chi connectivity index (χ3n) is 3.81. The van der Waals surface area contributed by atoms with Crippen LogP contribution in [0.1, 0.15) is 26.3 Å². The standard InChI is InChI=1S/C14H19F3N2/c1-13(2,3)9-7-19(8-9)10-4-5-12(18)11(6-10)14(15,16)17/h4-6,9H,7-8,18H2,1-3H3. The van der Waals surface area contributed by atoms with Gasteiger partial charge in [-0.15, -0.1) is 0 Å². The fourth-order valence-electron chi connectivity index (χ4n) is 2.22. The van der Waals surface area contributed by atoms with Crippen LogP contribution in [0.3, 0.4) is 0 Å². The minimum atomic E-state index is -4.39. The highest BCUT2D eigenvalue weighted by Gasteiger charge is 2.38. The largest absolute Gasteiger partial charge is 0.418 e. The number of nitrogen functional groups attached to an aromatic ring is 1. The molecule has 0 bridgehead atoms. The van der Waals surface area contributed by atoms with Crippen molar-refractivity contribution in [2.45, 2.75) is 26.9 Å². The van der Waals surface area contributed by atoms with E-state index < -0.39 is 11.7 Å². The maximum absolute atomic E-state index is 12.8. The normalized spacial score (nSPS) is 17.5. The summed E-state index contributed by atoms with van der Waals surface area (Å²) in [5.41, 5.74) is 5.22. The van der Waals surface area contributed by atoms with Gasteiger partial charge < -0.3 is 10.6 Å². The summed E-state index contributed by atoms with van der Waals surface area (Å²) in [4.78, 5) is 1.96. The van der Waals surface area contributed by atoms with Crippen LogP contribution in [0.15, 0.2) is 18.2 Å². The summed E-state index contributed by atoms with van der Waals surface area (Å²) in [6.07, 6.45) is -4.39. The van der Waals surface area contributed by atoms with Crippen molar-refractivity contribution >= 4 is 11.4 Å². The summed E-state index contributed by atoms with van der Waals surface area (Å²) in [6, 6.07) is 4.14. The third-order valence-corrected chi connectivity index (χ3v) is 3.81. The molecule has 0 saturated carbocycles. The number of nitrogens with two attached hydrogens (primary N) is 1. The van der Waals surface area contributed by atoms with Gasteiger partial charge in [0, 0.05) is 24.5 Å². The summed E-state index contributed by atoms with van der Waals surface area (Å²) in [5.74, 6) is 0.513. The van der Waals surface area contributed by atoms with Gasteiger partial charge in [-0.05, 0) is 29.5 Å². The van der Waals surface area contributed by atoms with Crippen LogP contribution in [0, 0.1) is 11.3 Å². The molecule has 0 spiro atoms. The Morgan fingerprint density at radius 2 is 1.74 bits per heavy atom. The number of rotatable bonds is 1. The Hall–Kier alpha value is -1.39. The lowest BCUT2D eigenvalue weighted by Crippen LogP contribution is -2.52. The van der Waals surface area contributed by atoms with Crippen molar-refractivity contribution in [3.05, 3.63) is 23.8 Å². The van der Waals surface area contributed by atoms with E-state index >= 15 is 0 Å². The third kappa shape index (κ3) is 2.80. The number of alkyl halides is 3. The van der Waals surface area contributed by atoms with Crippen molar-refractivity contribution in [1.29, 1.82) is 0 Å². The molecule has 19 heavy (non-hydrogen) atoms. The monoisotopic (exact) mass is 272 g/mol. The molecule has 0 amide bonds. The summed E-state index contributed by atoms with van der Waals surface area (Å²) in [7, 11) is 0. The number of hydrogen-bond acceptors (Lipinski definition) is 2. The molecule has 0 unspecified atom stereocenters. The quantitative estimate of drug-likeness (QED) is 0.788. The second kappa shape index (κ2) is 4.32. The Labute approximate surface area is 111 Å². The van der Waals surface area contributed by atoms with E-state index in [1.165, 1.54) is 6.07 Å². The molecule has 0 radical (unpaired) electrons. The van der Waals surface area contributed by atoms with Gasteiger partial charge in [0.15, 0.2) is 0 Å². The van der Waals surface area contributed by atoms with E-state index in [-0.39, 0.29) is 11.1 Å². The highest BCUT2D eigenvalue weighted by molar-refractivity contribution is 5.60. The van der Waals surface area contributed by atoms with E-state index in [1.54, 1.807) is 6.07 Å². The van der Waals surface area contributed by atoms with Crippen molar-refractivity contribution in [1.82, 2.24) is 0 Å². The minimum absolute atomic E-state index is 0.192. The van der Waals surface area contributed by atoms with Gasteiger partial charge >= 0.3 is 6.18 Å². The fourth-order valence-corrected chi connectivity index (χ4v) is 2.22. The molecule has 1 aromatic carbocycles. The van der Waals surface area contributed by atoms with Gasteiger partial charge in [0.1, 0.15) is 0 Å². The predicted octanol–water partition coefficient (Wildman–Crippen LogP) is 3.77. The minimum Gasteiger partial charge on any atom is -0.398 e. The van der Waals surface area contributed by atoms with Crippen LogP contribution < -0.4 is 10.6 Å². The number of anilines is 2.